The van der Waals surface area contributed by atoms with Crippen LogP contribution in [0.3, 0.4) is 0 Å². The highest BCUT2D eigenvalue weighted by Gasteiger charge is 2.35. The molecule has 0 unspecified atom stereocenters. The second-order valence-electron chi connectivity index (χ2n) is 3.83. The number of rotatable bonds is 4. The summed E-state index contributed by atoms with van der Waals surface area (Å²) in [7, 11) is 0. The normalized spacial score (nSPS) is 10.9. The molecule has 86 valence electrons. The van der Waals surface area contributed by atoms with E-state index in [4.69, 9.17) is 5.11 Å². The van der Waals surface area contributed by atoms with E-state index >= 15 is 0 Å². The summed E-state index contributed by atoms with van der Waals surface area (Å²) < 4.78 is 0. The summed E-state index contributed by atoms with van der Waals surface area (Å²) >= 11 is 0. The molecule has 1 aromatic heterocycles. The number of aliphatic carboxylic acids is 1. The van der Waals surface area contributed by atoms with Gasteiger partial charge in [-0.2, -0.15) is 10.2 Å². The van der Waals surface area contributed by atoms with Crippen molar-refractivity contribution in [3.8, 4) is 0 Å². The Morgan fingerprint density at radius 1 is 1.50 bits per heavy atom. The Bertz CT molecular complexity index is 390. The number of nitrogens with one attached hydrogen (secondary N) is 1. The van der Waals surface area contributed by atoms with Crippen molar-refractivity contribution in [3.05, 3.63) is 24.0 Å². The zero-order valence-corrected chi connectivity index (χ0v) is 9.10. The van der Waals surface area contributed by atoms with Crippen LogP contribution in [0.1, 0.15) is 19.5 Å². The Balaban J connectivity index is 2.57. The summed E-state index contributed by atoms with van der Waals surface area (Å²) in [4.78, 5) is 22.3. The lowest BCUT2D eigenvalue weighted by Crippen LogP contribution is -2.42. The molecule has 1 aromatic rings. The van der Waals surface area contributed by atoms with E-state index in [0.717, 1.165) is 0 Å². The zero-order valence-electron chi connectivity index (χ0n) is 9.10. The van der Waals surface area contributed by atoms with Crippen LogP contribution in [0.2, 0.25) is 0 Å². The highest BCUT2D eigenvalue weighted by Crippen LogP contribution is 2.15. The number of aromatic nitrogens is 2. The molecule has 0 saturated carbocycles. The fraction of sp³-hybridized carbons (Fsp3) is 0.400. The first-order valence-electron chi connectivity index (χ1n) is 4.73. The van der Waals surface area contributed by atoms with Gasteiger partial charge in [-0.1, -0.05) is 0 Å². The Labute approximate surface area is 92.7 Å². The third-order valence-electron chi connectivity index (χ3n) is 2.16. The molecular weight excluding hydrogens is 210 g/mol. The van der Waals surface area contributed by atoms with Crippen LogP contribution < -0.4 is 5.32 Å². The topological polar surface area (TPSA) is 92.2 Å². The third kappa shape index (κ3) is 2.75. The fourth-order valence-electron chi connectivity index (χ4n) is 0.917. The number of hydrogen-bond acceptors (Lipinski definition) is 4. The average Bonchev–Trinajstić information content (AvgIpc) is 2.27. The van der Waals surface area contributed by atoms with E-state index in [2.05, 4.69) is 15.5 Å². The number of carbonyl (C=O) groups is 2. The highest BCUT2D eigenvalue weighted by atomic mass is 16.4. The van der Waals surface area contributed by atoms with Gasteiger partial charge in [-0.15, -0.1) is 0 Å². The standard InChI is InChI=1S/C10H13N3O3/c1-10(2,9(15)16)8(14)11-6-7-4-3-5-12-13-7/h3-5H,6H2,1-2H3,(H,11,14)(H,15,16). The van der Waals surface area contributed by atoms with Crippen LogP contribution >= 0.6 is 0 Å². The molecule has 16 heavy (non-hydrogen) atoms. The van der Waals surface area contributed by atoms with Crippen molar-refractivity contribution in [2.75, 3.05) is 0 Å². The van der Waals surface area contributed by atoms with Gasteiger partial charge in [0.1, 0.15) is 5.41 Å². The summed E-state index contributed by atoms with van der Waals surface area (Å²) in [6.07, 6.45) is 1.52. The molecule has 6 heteroatoms. The fourth-order valence-corrected chi connectivity index (χ4v) is 0.917. The lowest BCUT2D eigenvalue weighted by Gasteiger charge is -2.17. The molecule has 2 N–H and O–H groups in total. The maximum absolute atomic E-state index is 11.5. The maximum atomic E-state index is 11.5. The van der Waals surface area contributed by atoms with E-state index in [9.17, 15) is 9.59 Å². The molecule has 0 radical (unpaired) electrons. The monoisotopic (exact) mass is 223 g/mol. The van der Waals surface area contributed by atoms with Crippen molar-refractivity contribution in [1.82, 2.24) is 15.5 Å². The third-order valence-corrected chi connectivity index (χ3v) is 2.16. The van der Waals surface area contributed by atoms with Crippen molar-refractivity contribution in [3.63, 3.8) is 0 Å². The van der Waals surface area contributed by atoms with Gasteiger partial charge in [-0.3, -0.25) is 9.59 Å². The van der Waals surface area contributed by atoms with Crippen LogP contribution in [0.25, 0.3) is 0 Å². The number of carboxylic acid groups (broad SMARTS) is 1. The highest BCUT2D eigenvalue weighted by molar-refractivity contribution is 6.00. The van der Waals surface area contributed by atoms with Gasteiger partial charge in [-0.05, 0) is 26.0 Å². The minimum atomic E-state index is -1.44. The first kappa shape index (κ1) is 12.1. The predicted octanol–water partition coefficient (Wildman–Crippen LogP) is 0.204. The smallest absolute Gasteiger partial charge is 0.318 e. The Kier molecular flexibility index (Phi) is 3.55. The van der Waals surface area contributed by atoms with Crippen molar-refractivity contribution in [1.29, 1.82) is 0 Å². The zero-order chi connectivity index (χ0) is 12.2. The molecule has 0 saturated heterocycles. The summed E-state index contributed by atoms with van der Waals surface area (Å²) in [5.74, 6) is -1.71. The van der Waals surface area contributed by atoms with Crippen LogP contribution in [0.5, 0.6) is 0 Å². The lowest BCUT2D eigenvalue weighted by atomic mass is 9.93. The van der Waals surface area contributed by atoms with Gasteiger partial charge in [0.25, 0.3) is 0 Å². The molecule has 0 aliphatic rings. The average molecular weight is 223 g/mol. The molecule has 0 aromatic carbocycles. The van der Waals surface area contributed by atoms with Crippen LogP contribution in [0, 0.1) is 5.41 Å². The minimum absolute atomic E-state index is 0.170. The quantitative estimate of drug-likeness (QED) is 0.711. The molecule has 1 amide bonds. The molecule has 0 atom stereocenters. The van der Waals surface area contributed by atoms with E-state index < -0.39 is 17.3 Å². The van der Waals surface area contributed by atoms with Crippen molar-refractivity contribution < 1.29 is 14.7 Å². The molecular formula is C10H13N3O3. The van der Waals surface area contributed by atoms with Crippen molar-refractivity contribution in [2.24, 2.45) is 5.41 Å². The van der Waals surface area contributed by atoms with Gasteiger partial charge in [0, 0.05) is 6.20 Å². The Morgan fingerprint density at radius 3 is 2.69 bits per heavy atom. The van der Waals surface area contributed by atoms with E-state index in [-0.39, 0.29) is 6.54 Å². The second-order valence-corrected chi connectivity index (χ2v) is 3.83. The molecule has 0 aliphatic heterocycles. The number of nitrogens with zero attached hydrogens (tertiary/aromatic N) is 2. The molecule has 1 heterocycles. The maximum Gasteiger partial charge on any atom is 0.318 e. The van der Waals surface area contributed by atoms with Gasteiger partial charge >= 0.3 is 5.97 Å². The van der Waals surface area contributed by atoms with Crippen molar-refractivity contribution in [2.45, 2.75) is 20.4 Å². The predicted molar refractivity (Wildman–Crippen MR) is 55.3 cm³/mol. The molecule has 0 aliphatic carbocycles. The van der Waals surface area contributed by atoms with Crippen LogP contribution in [-0.2, 0) is 16.1 Å². The SMILES string of the molecule is CC(C)(C(=O)O)C(=O)NCc1cccnn1. The molecule has 1 rings (SSSR count). The molecule has 0 spiro atoms. The molecule has 6 nitrogen and oxygen atoms in total. The van der Waals surface area contributed by atoms with E-state index in [1.54, 1.807) is 12.1 Å². The summed E-state index contributed by atoms with van der Waals surface area (Å²) in [5, 5.41) is 18.7. The first-order chi connectivity index (χ1) is 7.44. The summed E-state index contributed by atoms with van der Waals surface area (Å²) in [6.45, 7) is 2.87. The van der Waals surface area contributed by atoms with E-state index in [0.29, 0.717) is 5.69 Å². The van der Waals surface area contributed by atoms with Gasteiger partial charge < -0.3 is 10.4 Å². The number of hydrogen-bond donors (Lipinski definition) is 2. The number of carboxylic acids is 1. The first-order valence-corrected chi connectivity index (χ1v) is 4.73. The minimum Gasteiger partial charge on any atom is -0.480 e. The van der Waals surface area contributed by atoms with Gasteiger partial charge in [0.05, 0.1) is 12.2 Å². The van der Waals surface area contributed by atoms with Gasteiger partial charge in [0.2, 0.25) is 5.91 Å². The van der Waals surface area contributed by atoms with Gasteiger partial charge in [0.15, 0.2) is 0 Å². The summed E-state index contributed by atoms with van der Waals surface area (Å²) in [6, 6.07) is 3.39. The van der Waals surface area contributed by atoms with Crippen LogP contribution in [0.4, 0.5) is 0 Å². The van der Waals surface area contributed by atoms with E-state index in [1.165, 1.54) is 20.0 Å². The molecule has 0 fully saturated rings. The Morgan fingerprint density at radius 2 is 2.19 bits per heavy atom. The number of amides is 1. The summed E-state index contributed by atoms with van der Waals surface area (Å²) in [5.41, 5.74) is -0.862. The molecule has 0 bridgehead atoms. The van der Waals surface area contributed by atoms with E-state index in [1.807, 2.05) is 0 Å². The second kappa shape index (κ2) is 4.69. The van der Waals surface area contributed by atoms with Crippen LogP contribution in [0.15, 0.2) is 18.3 Å². The Hall–Kier alpha value is -1.98. The van der Waals surface area contributed by atoms with Gasteiger partial charge in [-0.25, -0.2) is 0 Å². The number of carbonyl (C=O) groups excluding carboxylic acids is 1. The lowest BCUT2D eigenvalue weighted by molar-refractivity contribution is -0.153. The van der Waals surface area contributed by atoms with Crippen molar-refractivity contribution >= 4 is 11.9 Å². The van der Waals surface area contributed by atoms with Crippen LogP contribution in [-0.4, -0.2) is 27.2 Å². The largest absolute Gasteiger partial charge is 0.480 e.